The summed E-state index contributed by atoms with van der Waals surface area (Å²) in [7, 11) is 4.87. The molecule has 0 saturated carbocycles. The maximum absolute atomic E-state index is 5.83. The SMILES string of the molecule is COc1cc(CN2CCOC[C@@H]2c2ccc(C)o2)cc(OC)c1OC. The number of hydrogen-bond donors (Lipinski definition) is 0. The Balaban J connectivity index is 1.86. The summed E-state index contributed by atoms with van der Waals surface area (Å²) >= 11 is 0. The lowest BCUT2D eigenvalue weighted by atomic mass is 10.1. The Morgan fingerprint density at radius 3 is 2.36 bits per heavy atom. The van der Waals surface area contributed by atoms with Crippen LogP contribution in [0.2, 0.25) is 0 Å². The number of aryl methyl sites for hydroxylation is 1. The molecule has 0 unspecified atom stereocenters. The van der Waals surface area contributed by atoms with Crippen molar-refractivity contribution in [2.75, 3.05) is 41.1 Å². The monoisotopic (exact) mass is 347 g/mol. The minimum Gasteiger partial charge on any atom is -0.493 e. The number of furan rings is 1. The molecule has 1 aliphatic rings. The maximum Gasteiger partial charge on any atom is 0.203 e. The Hall–Kier alpha value is -2.18. The molecule has 1 aliphatic heterocycles. The number of rotatable bonds is 6. The molecule has 2 heterocycles. The van der Waals surface area contributed by atoms with E-state index < -0.39 is 0 Å². The van der Waals surface area contributed by atoms with E-state index in [2.05, 4.69) is 4.90 Å². The molecule has 0 bridgehead atoms. The molecule has 6 heteroatoms. The molecule has 0 aliphatic carbocycles. The highest BCUT2D eigenvalue weighted by atomic mass is 16.5. The number of methoxy groups -OCH3 is 3. The zero-order valence-electron chi connectivity index (χ0n) is 15.2. The highest BCUT2D eigenvalue weighted by molar-refractivity contribution is 5.53. The third kappa shape index (κ3) is 3.75. The van der Waals surface area contributed by atoms with Gasteiger partial charge in [-0.3, -0.25) is 4.90 Å². The molecule has 3 rings (SSSR count). The molecular weight excluding hydrogens is 322 g/mol. The molecule has 0 amide bonds. The van der Waals surface area contributed by atoms with E-state index in [1.54, 1.807) is 21.3 Å². The number of ether oxygens (including phenoxy) is 4. The van der Waals surface area contributed by atoms with Gasteiger partial charge in [0.15, 0.2) is 11.5 Å². The van der Waals surface area contributed by atoms with Crippen LogP contribution >= 0.6 is 0 Å². The first-order chi connectivity index (χ1) is 12.2. The Labute approximate surface area is 148 Å². The standard InChI is InChI=1S/C19H25NO5/c1-13-5-6-16(25-13)15-12-24-8-7-20(15)11-14-9-17(21-2)19(23-4)18(10-14)22-3/h5-6,9-10,15H,7-8,11-12H2,1-4H3/t15-/m1/s1. The predicted octanol–water partition coefficient (Wildman–Crippen LogP) is 3.19. The van der Waals surface area contributed by atoms with Gasteiger partial charge in [-0.2, -0.15) is 0 Å². The maximum atomic E-state index is 5.83. The molecule has 0 radical (unpaired) electrons. The Morgan fingerprint density at radius 2 is 1.80 bits per heavy atom. The molecule has 1 aromatic carbocycles. The first kappa shape index (κ1) is 17.6. The smallest absolute Gasteiger partial charge is 0.203 e. The fraction of sp³-hybridized carbons (Fsp3) is 0.474. The second-order valence-electron chi connectivity index (χ2n) is 6.04. The Morgan fingerprint density at radius 1 is 1.08 bits per heavy atom. The van der Waals surface area contributed by atoms with E-state index in [1.807, 2.05) is 31.2 Å². The van der Waals surface area contributed by atoms with E-state index >= 15 is 0 Å². The molecule has 1 saturated heterocycles. The van der Waals surface area contributed by atoms with Crippen LogP contribution in [-0.4, -0.2) is 46.0 Å². The second-order valence-corrected chi connectivity index (χ2v) is 6.04. The van der Waals surface area contributed by atoms with Crippen LogP contribution in [0, 0.1) is 6.92 Å². The van der Waals surface area contributed by atoms with Crippen molar-refractivity contribution in [1.82, 2.24) is 4.90 Å². The summed E-state index contributed by atoms with van der Waals surface area (Å²) in [5, 5.41) is 0. The van der Waals surface area contributed by atoms with E-state index in [0.717, 1.165) is 30.2 Å². The summed E-state index contributed by atoms with van der Waals surface area (Å²) in [5.74, 6) is 3.78. The molecule has 25 heavy (non-hydrogen) atoms. The largest absolute Gasteiger partial charge is 0.493 e. The number of hydrogen-bond acceptors (Lipinski definition) is 6. The van der Waals surface area contributed by atoms with Gasteiger partial charge in [-0.15, -0.1) is 0 Å². The van der Waals surface area contributed by atoms with E-state index in [-0.39, 0.29) is 6.04 Å². The van der Waals surface area contributed by atoms with Gasteiger partial charge < -0.3 is 23.4 Å². The normalized spacial score (nSPS) is 18.2. The summed E-state index contributed by atoms with van der Waals surface area (Å²) in [6.07, 6.45) is 0. The van der Waals surface area contributed by atoms with Crippen LogP contribution in [0.25, 0.3) is 0 Å². The van der Waals surface area contributed by atoms with Crippen LogP contribution in [0.5, 0.6) is 17.2 Å². The van der Waals surface area contributed by atoms with E-state index in [0.29, 0.717) is 30.5 Å². The van der Waals surface area contributed by atoms with Gasteiger partial charge in [0.25, 0.3) is 0 Å². The van der Waals surface area contributed by atoms with Crippen molar-refractivity contribution in [3.8, 4) is 17.2 Å². The van der Waals surface area contributed by atoms with Gasteiger partial charge in [-0.05, 0) is 36.8 Å². The van der Waals surface area contributed by atoms with Crippen molar-refractivity contribution in [1.29, 1.82) is 0 Å². The van der Waals surface area contributed by atoms with E-state index in [4.69, 9.17) is 23.4 Å². The highest BCUT2D eigenvalue weighted by Gasteiger charge is 2.27. The number of nitrogens with zero attached hydrogens (tertiary/aromatic N) is 1. The summed E-state index contributed by atoms with van der Waals surface area (Å²) in [5.41, 5.74) is 1.09. The topological polar surface area (TPSA) is 53.3 Å². The van der Waals surface area contributed by atoms with Crippen molar-refractivity contribution < 1.29 is 23.4 Å². The molecule has 0 spiro atoms. The molecule has 1 atom stereocenters. The molecule has 6 nitrogen and oxygen atoms in total. The third-order valence-corrected chi connectivity index (χ3v) is 4.44. The average molecular weight is 347 g/mol. The van der Waals surface area contributed by atoms with Crippen molar-refractivity contribution in [3.05, 3.63) is 41.3 Å². The Bertz CT molecular complexity index is 687. The minimum absolute atomic E-state index is 0.0986. The van der Waals surface area contributed by atoms with Gasteiger partial charge in [0, 0.05) is 13.1 Å². The van der Waals surface area contributed by atoms with Crippen LogP contribution in [-0.2, 0) is 11.3 Å². The zero-order chi connectivity index (χ0) is 17.8. The highest BCUT2D eigenvalue weighted by Crippen LogP contribution is 2.39. The van der Waals surface area contributed by atoms with Crippen LogP contribution in [0.4, 0.5) is 0 Å². The van der Waals surface area contributed by atoms with Crippen molar-refractivity contribution >= 4 is 0 Å². The van der Waals surface area contributed by atoms with Gasteiger partial charge in [0.05, 0.1) is 40.6 Å². The summed E-state index contributed by atoms with van der Waals surface area (Å²) in [6.45, 7) is 4.86. The van der Waals surface area contributed by atoms with Crippen LogP contribution < -0.4 is 14.2 Å². The second kappa shape index (κ2) is 7.80. The molecular formula is C19H25NO5. The summed E-state index contributed by atoms with van der Waals surface area (Å²) < 4.78 is 27.8. The average Bonchev–Trinajstić information content (AvgIpc) is 3.07. The third-order valence-electron chi connectivity index (χ3n) is 4.44. The van der Waals surface area contributed by atoms with Crippen molar-refractivity contribution in [3.63, 3.8) is 0 Å². The lowest BCUT2D eigenvalue weighted by molar-refractivity contribution is -0.0205. The molecule has 1 fully saturated rings. The van der Waals surface area contributed by atoms with E-state index in [9.17, 15) is 0 Å². The van der Waals surface area contributed by atoms with Crippen molar-refractivity contribution in [2.45, 2.75) is 19.5 Å². The molecule has 2 aromatic rings. The van der Waals surface area contributed by atoms with Gasteiger partial charge in [-0.25, -0.2) is 0 Å². The summed E-state index contributed by atoms with van der Waals surface area (Å²) in [6, 6.07) is 8.09. The number of morpholine rings is 1. The fourth-order valence-electron chi connectivity index (χ4n) is 3.18. The van der Waals surface area contributed by atoms with E-state index in [1.165, 1.54) is 0 Å². The molecule has 0 N–H and O–H groups in total. The minimum atomic E-state index is 0.0986. The molecule has 136 valence electrons. The van der Waals surface area contributed by atoms with Crippen molar-refractivity contribution in [2.24, 2.45) is 0 Å². The number of benzene rings is 1. The lowest BCUT2D eigenvalue weighted by Crippen LogP contribution is -2.38. The molecule has 1 aromatic heterocycles. The lowest BCUT2D eigenvalue weighted by Gasteiger charge is -2.34. The fourth-order valence-corrected chi connectivity index (χ4v) is 3.18. The van der Waals surface area contributed by atoms with Crippen LogP contribution in [0.15, 0.2) is 28.7 Å². The van der Waals surface area contributed by atoms with Gasteiger partial charge >= 0.3 is 0 Å². The predicted molar refractivity (Wildman–Crippen MR) is 93.5 cm³/mol. The van der Waals surface area contributed by atoms with Gasteiger partial charge in [0.1, 0.15) is 11.5 Å². The van der Waals surface area contributed by atoms with Gasteiger partial charge in [0.2, 0.25) is 5.75 Å². The first-order valence-corrected chi connectivity index (χ1v) is 8.33. The van der Waals surface area contributed by atoms with Crippen LogP contribution in [0.3, 0.4) is 0 Å². The quantitative estimate of drug-likeness (QED) is 0.800. The first-order valence-electron chi connectivity index (χ1n) is 8.33. The summed E-state index contributed by atoms with van der Waals surface area (Å²) in [4.78, 5) is 2.35. The van der Waals surface area contributed by atoms with Crippen LogP contribution in [0.1, 0.15) is 23.1 Å². The zero-order valence-corrected chi connectivity index (χ0v) is 15.2. The Kier molecular flexibility index (Phi) is 5.50. The van der Waals surface area contributed by atoms with Gasteiger partial charge in [-0.1, -0.05) is 0 Å².